The number of carbonyl (C=O) groups is 1. The Morgan fingerprint density at radius 1 is 1.36 bits per heavy atom. The summed E-state index contributed by atoms with van der Waals surface area (Å²) in [5.41, 5.74) is 6.76. The number of amides is 1. The van der Waals surface area contributed by atoms with Gasteiger partial charge in [0.15, 0.2) is 0 Å². The molecule has 1 amide bonds. The predicted molar refractivity (Wildman–Crippen MR) is 88.9 cm³/mol. The zero-order chi connectivity index (χ0) is 15.7. The van der Waals surface area contributed by atoms with Crippen molar-refractivity contribution in [3.63, 3.8) is 0 Å². The summed E-state index contributed by atoms with van der Waals surface area (Å²) in [6.45, 7) is 1.02. The van der Waals surface area contributed by atoms with E-state index in [1.165, 1.54) is 12.0 Å². The van der Waals surface area contributed by atoms with Gasteiger partial charge in [-0.3, -0.25) is 9.69 Å². The maximum Gasteiger partial charge on any atom is 0.225 e. The summed E-state index contributed by atoms with van der Waals surface area (Å²) >= 11 is 6.01. The molecule has 0 spiro atoms. The maximum absolute atomic E-state index is 12.7. The Hall–Kier alpha value is -1.10. The fourth-order valence-corrected chi connectivity index (χ4v) is 4.32. The SMILES string of the molecule is CN1C2CCC1C(C(=O)NCCN)C(c1ccc(Cl)cc1)C2. The van der Waals surface area contributed by atoms with Crippen molar-refractivity contribution in [1.82, 2.24) is 10.2 Å². The van der Waals surface area contributed by atoms with Crippen molar-refractivity contribution < 1.29 is 4.79 Å². The van der Waals surface area contributed by atoms with Gasteiger partial charge in [0.1, 0.15) is 0 Å². The van der Waals surface area contributed by atoms with Gasteiger partial charge in [0, 0.05) is 30.2 Å². The maximum atomic E-state index is 12.7. The van der Waals surface area contributed by atoms with Crippen LogP contribution in [0.3, 0.4) is 0 Å². The molecule has 0 aliphatic carbocycles. The Morgan fingerprint density at radius 2 is 2.09 bits per heavy atom. The summed E-state index contributed by atoms with van der Waals surface area (Å²) in [6.07, 6.45) is 3.33. The van der Waals surface area contributed by atoms with E-state index in [1.807, 2.05) is 12.1 Å². The van der Waals surface area contributed by atoms with E-state index in [0.717, 1.165) is 17.9 Å². The van der Waals surface area contributed by atoms with Crippen LogP contribution in [-0.2, 0) is 4.79 Å². The van der Waals surface area contributed by atoms with Gasteiger partial charge in [-0.1, -0.05) is 23.7 Å². The highest BCUT2D eigenvalue weighted by atomic mass is 35.5. The normalized spacial score (nSPS) is 31.2. The largest absolute Gasteiger partial charge is 0.355 e. The van der Waals surface area contributed by atoms with E-state index in [2.05, 4.69) is 29.4 Å². The molecule has 4 nitrogen and oxygen atoms in total. The summed E-state index contributed by atoms with van der Waals surface area (Å²) < 4.78 is 0. The van der Waals surface area contributed by atoms with E-state index >= 15 is 0 Å². The van der Waals surface area contributed by atoms with Crippen molar-refractivity contribution in [2.75, 3.05) is 20.1 Å². The molecule has 2 aliphatic heterocycles. The molecule has 4 unspecified atom stereocenters. The first-order valence-corrected chi connectivity index (χ1v) is 8.44. The van der Waals surface area contributed by atoms with E-state index in [0.29, 0.717) is 25.2 Å². The Balaban J connectivity index is 1.88. The van der Waals surface area contributed by atoms with Gasteiger partial charge in [-0.05, 0) is 49.9 Å². The van der Waals surface area contributed by atoms with Gasteiger partial charge in [0.2, 0.25) is 5.91 Å². The third-order valence-electron chi connectivity index (χ3n) is 5.31. The minimum atomic E-state index is -0.00326. The summed E-state index contributed by atoms with van der Waals surface area (Å²) in [7, 11) is 2.16. The average Bonchev–Trinajstić information content (AvgIpc) is 2.75. The second-order valence-corrected chi connectivity index (χ2v) is 6.90. The lowest BCUT2D eigenvalue weighted by Gasteiger charge is -2.42. The molecule has 3 N–H and O–H groups in total. The highest BCUT2D eigenvalue weighted by molar-refractivity contribution is 6.30. The van der Waals surface area contributed by atoms with Crippen LogP contribution >= 0.6 is 11.6 Å². The van der Waals surface area contributed by atoms with Gasteiger partial charge in [-0.25, -0.2) is 0 Å². The fraction of sp³-hybridized carbons (Fsp3) is 0.588. The summed E-state index contributed by atoms with van der Waals surface area (Å²) in [6, 6.07) is 8.90. The van der Waals surface area contributed by atoms with Crippen molar-refractivity contribution >= 4 is 17.5 Å². The molecule has 120 valence electrons. The van der Waals surface area contributed by atoms with Crippen LogP contribution in [0.5, 0.6) is 0 Å². The van der Waals surface area contributed by atoms with E-state index in [4.69, 9.17) is 17.3 Å². The smallest absolute Gasteiger partial charge is 0.225 e. The number of carbonyl (C=O) groups excluding carboxylic acids is 1. The summed E-state index contributed by atoms with van der Waals surface area (Å²) in [4.78, 5) is 15.1. The molecular weight excluding hydrogens is 298 g/mol. The van der Waals surface area contributed by atoms with Gasteiger partial charge in [0.05, 0.1) is 5.92 Å². The van der Waals surface area contributed by atoms with Crippen molar-refractivity contribution in [3.8, 4) is 0 Å². The zero-order valence-corrected chi connectivity index (χ0v) is 13.7. The van der Waals surface area contributed by atoms with Gasteiger partial charge in [0.25, 0.3) is 0 Å². The second-order valence-electron chi connectivity index (χ2n) is 6.46. The van der Waals surface area contributed by atoms with Crippen LogP contribution in [0.4, 0.5) is 0 Å². The molecule has 1 aromatic rings. The Morgan fingerprint density at radius 3 is 2.77 bits per heavy atom. The van der Waals surface area contributed by atoms with Crippen LogP contribution in [-0.4, -0.2) is 43.0 Å². The highest BCUT2D eigenvalue weighted by Gasteiger charge is 2.48. The molecule has 2 fully saturated rings. The second kappa shape index (κ2) is 6.57. The first-order chi connectivity index (χ1) is 10.6. The van der Waals surface area contributed by atoms with Crippen LogP contribution in [0.15, 0.2) is 24.3 Å². The van der Waals surface area contributed by atoms with Gasteiger partial charge >= 0.3 is 0 Å². The van der Waals surface area contributed by atoms with Crippen LogP contribution in [0.2, 0.25) is 5.02 Å². The van der Waals surface area contributed by atoms with Gasteiger partial charge in [-0.15, -0.1) is 0 Å². The molecule has 0 aromatic heterocycles. The molecule has 2 saturated heterocycles. The minimum Gasteiger partial charge on any atom is -0.355 e. The molecular formula is C17H24ClN3O. The monoisotopic (exact) mass is 321 g/mol. The summed E-state index contributed by atoms with van der Waals surface area (Å²) in [5.74, 6) is 0.405. The molecule has 2 aliphatic rings. The standard InChI is InChI=1S/C17H24ClN3O/c1-21-13-6-7-15(21)16(17(22)20-9-8-19)14(10-13)11-2-4-12(18)5-3-11/h2-5,13-16H,6-10,19H2,1H3,(H,20,22). The number of halogens is 1. The lowest BCUT2D eigenvalue weighted by atomic mass is 9.75. The van der Waals surface area contributed by atoms with E-state index in [9.17, 15) is 4.79 Å². The molecule has 2 heterocycles. The van der Waals surface area contributed by atoms with Gasteiger partial charge in [-0.2, -0.15) is 0 Å². The van der Waals surface area contributed by atoms with Crippen molar-refractivity contribution in [2.24, 2.45) is 11.7 Å². The number of fused-ring (bicyclic) bond motifs is 2. The Bertz CT molecular complexity index is 533. The van der Waals surface area contributed by atoms with Crippen LogP contribution < -0.4 is 11.1 Å². The number of benzene rings is 1. The van der Waals surface area contributed by atoms with Crippen LogP contribution in [0.1, 0.15) is 30.7 Å². The van der Waals surface area contributed by atoms with E-state index in [1.54, 1.807) is 0 Å². The number of rotatable bonds is 4. The lowest BCUT2D eigenvalue weighted by molar-refractivity contribution is -0.129. The molecule has 22 heavy (non-hydrogen) atoms. The topological polar surface area (TPSA) is 58.4 Å². The van der Waals surface area contributed by atoms with Crippen LogP contribution in [0, 0.1) is 5.92 Å². The average molecular weight is 322 g/mol. The van der Waals surface area contributed by atoms with E-state index in [-0.39, 0.29) is 17.7 Å². The molecule has 5 heteroatoms. The first-order valence-electron chi connectivity index (χ1n) is 8.07. The predicted octanol–water partition coefficient (Wildman–Crippen LogP) is 1.98. The number of piperidine rings is 1. The highest BCUT2D eigenvalue weighted by Crippen LogP contribution is 2.46. The first kappa shape index (κ1) is 15.8. The summed E-state index contributed by atoms with van der Waals surface area (Å²) in [5, 5.41) is 3.74. The van der Waals surface area contributed by atoms with Crippen molar-refractivity contribution in [3.05, 3.63) is 34.9 Å². The quantitative estimate of drug-likeness (QED) is 0.891. The lowest BCUT2D eigenvalue weighted by Crippen LogP contribution is -2.52. The minimum absolute atomic E-state index is 0.00326. The van der Waals surface area contributed by atoms with Crippen molar-refractivity contribution in [1.29, 1.82) is 0 Å². The number of hydrogen-bond donors (Lipinski definition) is 2. The molecule has 2 bridgehead atoms. The van der Waals surface area contributed by atoms with Crippen molar-refractivity contribution in [2.45, 2.75) is 37.3 Å². The Kier molecular flexibility index (Phi) is 4.71. The molecule has 3 rings (SSSR count). The third kappa shape index (κ3) is 2.87. The molecule has 1 aromatic carbocycles. The molecule has 0 radical (unpaired) electrons. The zero-order valence-electron chi connectivity index (χ0n) is 13.0. The molecule has 0 saturated carbocycles. The number of hydrogen-bond acceptors (Lipinski definition) is 3. The molecule has 4 atom stereocenters. The van der Waals surface area contributed by atoms with Crippen LogP contribution in [0.25, 0.3) is 0 Å². The number of nitrogens with zero attached hydrogens (tertiary/aromatic N) is 1. The fourth-order valence-electron chi connectivity index (χ4n) is 4.19. The third-order valence-corrected chi connectivity index (χ3v) is 5.57. The van der Waals surface area contributed by atoms with E-state index < -0.39 is 0 Å². The number of nitrogens with two attached hydrogens (primary N) is 1. The van der Waals surface area contributed by atoms with Gasteiger partial charge < -0.3 is 11.1 Å². The number of nitrogens with one attached hydrogen (secondary N) is 1. The Labute approximate surface area is 137 Å².